The number of carboxylic acids is 2. The maximum absolute atomic E-state index is 12.9. The van der Waals surface area contributed by atoms with E-state index in [1.807, 2.05) is 0 Å². The van der Waals surface area contributed by atoms with Crippen LogP contribution in [-0.2, 0) is 28.8 Å². The van der Waals surface area contributed by atoms with Crippen LogP contribution < -0.4 is 22.1 Å². The number of nitrogens with zero attached hydrogens (tertiary/aromatic N) is 1. The van der Waals surface area contributed by atoms with Crippen LogP contribution in [0.4, 0.5) is 0 Å². The van der Waals surface area contributed by atoms with Crippen molar-refractivity contribution in [2.75, 3.05) is 12.3 Å². The van der Waals surface area contributed by atoms with Gasteiger partial charge in [0.25, 0.3) is 0 Å². The largest absolute Gasteiger partial charge is 0.481 e. The first-order valence-corrected chi connectivity index (χ1v) is 10.6. The van der Waals surface area contributed by atoms with Crippen molar-refractivity contribution >= 4 is 48.2 Å². The molecule has 4 amide bonds. The fraction of sp³-hybridized carbons (Fsp3) is 0.667. The van der Waals surface area contributed by atoms with E-state index in [0.29, 0.717) is 6.42 Å². The van der Waals surface area contributed by atoms with E-state index >= 15 is 0 Å². The molecule has 0 radical (unpaired) electrons. The lowest BCUT2D eigenvalue weighted by Crippen LogP contribution is -2.57. The van der Waals surface area contributed by atoms with Crippen molar-refractivity contribution < 1.29 is 39.0 Å². The molecule has 14 heteroatoms. The molecule has 8 N–H and O–H groups in total. The molecule has 1 aliphatic rings. The van der Waals surface area contributed by atoms with Crippen LogP contribution in [0.15, 0.2) is 0 Å². The molecule has 0 aliphatic carbocycles. The lowest BCUT2D eigenvalue weighted by atomic mass is 10.1. The zero-order valence-electron chi connectivity index (χ0n) is 17.4. The van der Waals surface area contributed by atoms with Gasteiger partial charge in [0, 0.05) is 25.1 Å². The highest BCUT2D eigenvalue weighted by Crippen LogP contribution is 2.19. The van der Waals surface area contributed by atoms with Gasteiger partial charge in [-0.15, -0.1) is 0 Å². The third-order valence-corrected chi connectivity index (χ3v) is 5.30. The summed E-state index contributed by atoms with van der Waals surface area (Å²) < 4.78 is 0. The first kappa shape index (κ1) is 27.2. The molecule has 1 rings (SSSR count). The number of hydrogen-bond acceptors (Lipinski definition) is 8. The summed E-state index contributed by atoms with van der Waals surface area (Å²) in [5, 5.41) is 22.7. The van der Waals surface area contributed by atoms with Gasteiger partial charge in [0.2, 0.25) is 23.6 Å². The lowest BCUT2D eigenvalue weighted by molar-refractivity contribution is -0.145. The second-order valence-corrected chi connectivity index (χ2v) is 7.74. The van der Waals surface area contributed by atoms with Gasteiger partial charge in [-0.3, -0.25) is 24.0 Å². The van der Waals surface area contributed by atoms with E-state index in [-0.39, 0.29) is 44.4 Å². The maximum Gasteiger partial charge on any atom is 0.326 e. The predicted molar refractivity (Wildman–Crippen MR) is 113 cm³/mol. The minimum Gasteiger partial charge on any atom is -0.481 e. The summed E-state index contributed by atoms with van der Waals surface area (Å²) in [4.78, 5) is 71.9. The van der Waals surface area contributed by atoms with Crippen LogP contribution in [0.3, 0.4) is 0 Å². The number of carbonyl (C=O) groups excluding carboxylic acids is 4. The van der Waals surface area contributed by atoms with Gasteiger partial charge in [-0.25, -0.2) is 4.79 Å². The van der Waals surface area contributed by atoms with E-state index in [9.17, 15) is 33.9 Å². The Labute approximate surface area is 189 Å². The molecule has 0 aromatic rings. The van der Waals surface area contributed by atoms with Gasteiger partial charge in [0.05, 0.1) is 6.04 Å². The minimum absolute atomic E-state index is 0.0998. The Morgan fingerprint density at radius 1 is 1.03 bits per heavy atom. The average molecular weight is 476 g/mol. The number of carbonyl (C=O) groups is 6. The van der Waals surface area contributed by atoms with Crippen molar-refractivity contribution in [3.63, 3.8) is 0 Å². The van der Waals surface area contributed by atoms with Gasteiger partial charge >= 0.3 is 11.9 Å². The third kappa shape index (κ3) is 8.34. The number of nitrogens with two attached hydrogens (primary N) is 2. The highest BCUT2D eigenvalue weighted by Gasteiger charge is 2.38. The summed E-state index contributed by atoms with van der Waals surface area (Å²) >= 11 is 4.07. The molecule has 1 fully saturated rings. The third-order valence-electron chi connectivity index (χ3n) is 4.94. The highest BCUT2D eigenvalue weighted by molar-refractivity contribution is 7.80. The molecular formula is C18H29N5O8S. The van der Waals surface area contributed by atoms with Gasteiger partial charge < -0.3 is 37.2 Å². The normalized spacial score (nSPS) is 18.3. The molecule has 0 saturated carbocycles. The van der Waals surface area contributed by atoms with Crippen LogP contribution in [-0.4, -0.2) is 87.1 Å². The summed E-state index contributed by atoms with van der Waals surface area (Å²) in [5.74, 6) is -5.29. The van der Waals surface area contributed by atoms with E-state index in [1.54, 1.807) is 0 Å². The van der Waals surface area contributed by atoms with Crippen LogP contribution in [0, 0.1) is 0 Å². The average Bonchev–Trinajstić information content (AvgIpc) is 3.21. The Balaban J connectivity index is 2.79. The van der Waals surface area contributed by atoms with Crippen LogP contribution in [0.2, 0.25) is 0 Å². The topological polar surface area (TPSA) is 222 Å². The SMILES string of the molecule is NC(=O)CCC(NC(=O)C1CCCN1C(=O)C(CS)NC(=O)C(N)CCC(=O)O)C(=O)O. The molecule has 0 aromatic heterocycles. The summed E-state index contributed by atoms with van der Waals surface area (Å²) in [6.07, 6.45) is -0.103. The van der Waals surface area contributed by atoms with E-state index < -0.39 is 59.7 Å². The number of rotatable bonds is 13. The van der Waals surface area contributed by atoms with E-state index in [4.69, 9.17) is 16.6 Å². The summed E-state index contributed by atoms with van der Waals surface area (Å²) in [6, 6.07) is -4.56. The molecule has 180 valence electrons. The number of aliphatic carboxylic acids is 2. The Hall–Kier alpha value is -2.87. The molecular weight excluding hydrogens is 446 g/mol. The number of hydrogen-bond donors (Lipinski definition) is 7. The number of amides is 4. The van der Waals surface area contributed by atoms with Crippen LogP contribution in [0.25, 0.3) is 0 Å². The van der Waals surface area contributed by atoms with E-state index in [1.165, 1.54) is 4.90 Å². The van der Waals surface area contributed by atoms with Crippen molar-refractivity contribution in [3.05, 3.63) is 0 Å². The zero-order valence-corrected chi connectivity index (χ0v) is 18.3. The molecule has 32 heavy (non-hydrogen) atoms. The fourth-order valence-electron chi connectivity index (χ4n) is 3.19. The van der Waals surface area contributed by atoms with Gasteiger partial charge in [-0.05, 0) is 25.7 Å². The quantitative estimate of drug-likeness (QED) is 0.139. The van der Waals surface area contributed by atoms with Crippen molar-refractivity contribution in [2.24, 2.45) is 11.5 Å². The lowest BCUT2D eigenvalue weighted by Gasteiger charge is -2.29. The standard InChI is InChI=1S/C18H29N5O8S/c19-9(3-6-14(25)26)15(27)22-11(8-32)17(29)23-7-1-2-12(23)16(28)21-10(18(30)31)4-5-13(20)24/h9-12,32H,1-8,19H2,(H2,20,24)(H,21,28)(H,22,27)(H,25,26)(H,30,31). The molecule has 0 aromatic carbocycles. The van der Waals surface area contributed by atoms with Crippen LogP contribution in [0.5, 0.6) is 0 Å². The molecule has 1 aliphatic heterocycles. The smallest absolute Gasteiger partial charge is 0.326 e. The Morgan fingerprint density at radius 3 is 2.22 bits per heavy atom. The molecule has 4 unspecified atom stereocenters. The number of thiol groups is 1. The number of carboxylic acid groups (broad SMARTS) is 2. The van der Waals surface area contributed by atoms with E-state index in [0.717, 1.165) is 0 Å². The Morgan fingerprint density at radius 2 is 1.69 bits per heavy atom. The monoisotopic (exact) mass is 475 g/mol. The molecule has 0 bridgehead atoms. The van der Waals surface area contributed by atoms with Crippen molar-refractivity contribution in [1.82, 2.24) is 15.5 Å². The van der Waals surface area contributed by atoms with Crippen molar-refractivity contribution in [2.45, 2.75) is 62.7 Å². The first-order chi connectivity index (χ1) is 15.0. The van der Waals surface area contributed by atoms with Crippen molar-refractivity contribution in [3.8, 4) is 0 Å². The highest BCUT2D eigenvalue weighted by atomic mass is 32.1. The Bertz CT molecular complexity index is 749. The van der Waals surface area contributed by atoms with Gasteiger partial charge in [-0.1, -0.05) is 0 Å². The van der Waals surface area contributed by atoms with Crippen LogP contribution >= 0.6 is 12.6 Å². The molecule has 1 heterocycles. The summed E-state index contributed by atoms with van der Waals surface area (Å²) in [5.41, 5.74) is 10.7. The Kier molecular flexibility index (Phi) is 10.9. The van der Waals surface area contributed by atoms with Gasteiger partial charge in [0.15, 0.2) is 0 Å². The molecule has 4 atom stereocenters. The molecule has 0 spiro atoms. The zero-order chi connectivity index (χ0) is 24.4. The molecule has 13 nitrogen and oxygen atoms in total. The second kappa shape index (κ2) is 12.9. The second-order valence-electron chi connectivity index (χ2n) is 7.38. The first-order valence-electron chi connectivity index (χ1n) is 9.98. The summed E-state index contributed by atoms with van der Waals surface area (Å²) in [6.45, 7) is 0.209. The number of primary amides is 1. The van der Waals surface area contributed by atoms with Crippen molar-refractivity contribution in [1.29, 1.82) is 0 Å². The summed E-state index contributed by atoms with van der Waals surface area (Å²) in [7, 11) is 0. The van der Waals surface area contributed by atoms with Gasteiger partial charge in [0.1, 0.15) is 18.1 Å². The van der Waals surface area contributed by atoms with Gasteiger partial charge in [-0.2, -0.15) is 12.6 Å². The predicted octanol–water partition coefficient (Wildman–Crippen LogP) is -2.58. The van der Waals surface area contributed by atoms with Crippen LogP contribution in [0.1, 0.15) is 38.5 Å². The number of likely N-dealkylation sites (tertiary alicyclic amines) is 1. The van der Waals surface area contributed by atoms with E-state index in [2.05, 4.69) is 23.3 Å². The fourth-order valence-corrected chi connectivity index (χ4v) is 3.44. The maximum atomic E-state index is 12.9. The molecule has 1 saturated heterocycles. The minimum atomic E-state index is -1.35. The number of nitrogens with one attached hydrogen (secondary N) is 2.